The van der Waals surface area contributed by atoms with E-state index >= 15 is 0 Å². The second-order valence-electron chi connectivity index (χ2n) is 9.85. The lowest BCUT2D eigenvalue weighted by molar-refractivity contribution is -0.154. The molecule has 0 bridgehead atoms. The second-order valence-corrected chi connectivity index (χ2v) is 10.9. The van der Waals surface area contributed by atoms with Gasteiger partial charge in [-0.1, -0.05) is 45.6 Å². The Hall–Kier alpha value is -2.27. The van der Waals surface area contributed by atoms with Crippen molar-refractivity contribution < 1.29 is 24.5 Å². The number of aliphatic hydroxyl groups is 2. The highest BCUT2D eigenvalue weighted by molar-refractivity contribution is 7.09. The van der Waals surface area contributed by atoms with E-state index in [1.165, 1.54) is 0 Å². The van der Waals surface area contributed by atoms with Crippen LogP contribution in [0.2, 0.25) is 0 Å². The van der Waals surface area contributed by atoms with Crippen LogP contribution in [-0.2, 0) is 14.3 Å². The normalized spacial score (nSPS) is 31.1. The van der Waals surface area contributed by atoms with E-state index in [1.807, 2.05) is 45.2 Å². The van der Waals surface area contributed by atoms with Gasteiger partial charge in [-0.3, -0.25) is 9.59 Å². The molecule has 34 heavy (non-hydrogen) atoms. The molecule has 186 valence electrons. The number of aryl methyl sites for hydroxylation is 1. The van der Waals surface area contributed by atoms with Crippen LogP contribution in [0.15, 0.2) is 22.6 Å². The van der Waals surface area contributed by atoms with Crippen LogP contribution in [0.5, 0.6) is 0 Å². The van der Waals surface area contributed by atoms with Gasteiger partial charge in [-0.25, -0.2) is 4.98 Å². The Kier molecular flexibility index (Phi) is 9.81. The monoisotopic (exact) mass is 487 g/mol. The molecule has 7 heteroatoms. The molecule has 6 nitrogen and oxygen atoms in total. The van der Waals surface area contributed by atoms with E-state index in [4.69, 9.17) is 4.74 Å². The van der Waals surface area contributed by atoms with Crippen molar-refractivity contribution in [2.75, 3.05) is 0 Å². The lowest BCUT2D eigenvalue weighted by Gasteiger charge is -2.34. The van der Waals surface area contributed by atoms with Gasteiger partial charge in [0, 0.05) is 24.1 Å². The topological polar surface area (TPSA) is 96.7 Å². The van der Waals surface area contributed by atoms with Crippen LogP contribution in [0.25, 0.3) is 6.08 Å². The highest BCUT2D eigenvalue weighted by Gasteiger charge is 2.42. The third kappa shape index (κ3) is 7.36. The number of carbonyl (C=O) groups is 2. The van der Waals surface area contributed by atoms with Crippen LogP contribution in [0, 0.1) is 36.0 Å². The van der Waals surface area contributed by atoms with E-state index in [1.54, 1.807) is 32.1 Å². The summed E-state index contributed by atoms with van der Waals surface area (Å²) in [5.41, 5.74) is 1.23. The molecule has 2 N–H and O–H groups in total. The minimum absolute atomic E-state index is 0.218. The third-order valence-corrected chi connectivity index (χ3v) is 7.27. The van der Waals surface area contributed by atoms with Crippen LogP contribution in [0.3, 0.4) is 0 Å². The number of ether oxygens (including phenoxy) is 1. The molecule has 0 aromatic carbocycles. The van der Waals surface area contributed by atoms with Gasteiger partial charge in [-0.15, -0.1) is 11.3 Å². The Morgan fingerprint density at radius 2 is 1.94 bits per heavy atom. The fraction of sp³-hybridized carbons (Fsp3) is 0.593. The highest BCUT2D eigenvalue weighted by Crippen LogP contribution is 2.31. The lowest BCUT2D eigenvalue weighted by atomic mass is 9.73. The molecule has 0 spiro atoms. The van der Waals surface area contributed by atoms with Crippen molar-refractivity contribution in [2.24, 2.45) is 17.3 Å². The fourth-order valence-electron chi connectivity index (χ4n) is 3.93. The van der Waals surface area contributed by atoms with E-state index in [2.05, 4.69) is 16.8 Å². The molecule has 1 aromatic heterocycles. The first-order valence-corrected chi connectivity index (χ1v) is 12.6. The summed E-state index contributed by atoms with van der Waals surface area (Å²) in [5.74, 6) is 4.37. The second kappa shape index (κ2) is 11.9. The van der Waals surface area contributed by atoms with Crippen molar-refractivity contribution >= 4 is 29.2 Å². The number of rotatable bonds is 2. The first kappa shape index (κ1) is 28.0. The molecule has 2 rings (SSSR count). The number of aliphatic hydroxyl groups excluding tert-OH is 2. The summed E-state index contributed by atoms with van der Waals surface area (Å²) in [6.07, 6.45) is 1.66. The molecule has 0 fully saturated rings. The molecule has 0 amide bonds. The number of ketones is 1. The number of hydrogen-bond donors (Lipinski definition) is 2. The van der Waals surface area contributed by atoms with Gasteiger partial charge in [0.15, 0.2) is 0 Å². The van der Waals surface area contributed by atoms with Gasteiger partial charge in [0.25, 0.3) is 0 Å². The molecule has 2 unspecified atom stereocenters. The predicted molar refractivity (Wildman–Crippen MR) is 135 cm³/mol. The molecule has 1 aliphatic heterocycles. The van der Waals surface area contributed by atoms with Gasteiger partial charge in [0.1, 0.15) is 11.9 Å². The maximum atomic E-state index is 13.1. The zero-order chi connectivity index (χ0) is 25.6. The number of cyclic esters (lactones) is 1. The summed E-state index contributed by atoms with van der Waals surface area (Å²) < 4.78 is 5.76. The van der Waals surface area contributed by atoms with Crippen molar-refractivity contribution in [3.05, 3.63) is 33.3 Å². The SMILES string of the molecule is C/C1=C/CC(/C(C)=C/c2csc(C)n2)OC(=O)C[C@H](O)C(C)(C)C(=O)[C@H](C)C(O)[C@@H](C)CC#C1. The van der Waals surface area contributed by atoms with Crippen LogP contribution >= 0.6 is 11.3 Å². The van der Waals surface area contributed by atoms with E-state index in [0.29, 0.717) is 12.8 Å². The summed E-state index contributed by atoms with van der Waals surface area (Å²) in [4.78, 5) is 30.4. The Balaban J connectivity index is 2.39. The maximum Gasteiger partial charge on any atom is 0.309 e. The van der Waals surface area contributed by atoms with Gasteiger partial charge in [-0.2, -0.15) is 0 Å². The molecule has 0 aliphatic carbocycles. The lowest BCUT2D eigenvalue weighted by Crippen LogP contribution is -2.45. The van der Waals surface area contributed by atoms with E-state index in [9.17, 15) is 19.8 Å². The number of hydrogen-bond acceptors (Lipinski definition) is 7. The number of nitrogens with zero attached hydrogens (tertiary/aromatic N) is 1. The predicted octanol–water partition coefficient (Wildman–Crippen LogP) is 4.49. The van der Waals surface area contributed by atoms with Crippen molar-refractivity contribution in [1.29, 1.82) is 0 Å². The smallest absolute Gasteiger partial charge is 0.309 e. The number of esters is 1. The van der Waals surface area contributed by atoms with E-state index < -0.39 is 35.6 Å². The summed E-state index contributed by atoms with van der Waals surface area (Å²) >= 11 is 1.54. The Morgan fingerprint density at radius 3 is 2.56 bits per heavy atom. The zero-order valence-electron chi connectivity index (χ0n) is 21.2. The average molecular weight is 488 g/mol. The first-order chi connectivity index (χ1) is 15.8. The van der Waals surface area contributed by atoms with Crippen molar-refractivity contribution in [3.8, 4) is 11.8 Å². The summed E-state index contributed by atoms with van der Waals surface area (Å²) in [6, 6.07) is 0. The molecule has 5 atom stereocenters. The number of carbonyl (C=O) groups excluding carboxylic acids is 2. The summed E-state index contributed by atoms with van der Waals surface area (Å²) in [5, 5.41) is 24.4. The highest BCUT2D eigenvalue weighted by atomic mass is 32.1. The minimum atomic E-state index is -1.24. The van der Waals surface area contributed by atoms with Crippen LogP contribution < -0.4 is 0 Å². The molecule has 0 saturated heterocycles. The molecule has 0 radical (unpaired) electrons. The largest absolute Gasteiger partial charge is 0.457 e. The van der Waals surface area contributed by atoms with Crippen LogP contribution in [-0.4, -0.2) is 45.3 Å². The van der Waals surface area contributed by atoms with Gasteiger partial charge >= 0.3 is 5.97 Å². The van der Waals surface area contributed by atoms with Gasteiger partial charge in [0.2, 0.25) is 0 Å². The Bertz CT molecular complexity index is 1010. The van der Waals surface area contributed by atoms with Crippen molar-refractivity contribution in [3.63, 3.8) is 0 Å². The Labute approximate surface area is 207 Å². The zero-order valence-corrected chi connectivity index (χ0v) is 22.0. The van der Waals surface area contributed by atoms with Crippen molar-refractivity contribution in [2.45, 2.75) is 86.0 Å². The third-order valence-electron chi connectivity index (χ3n) is 6.48. The number of allylic oxidation sites excluding steroid dienone is 1. The molecular weight excluding hydrogens is 450 g/mol. The average Bonchev–Trinajstić information content (AvgIpc) is 3.18. The number of aromatic nitrogens is 1. The summed E-state index contributed by atoms with van der Waals surface area (Å²) in [7, 11) is 0. The van der Waals surface area contributed by atoms with E-state index in [-0.39, 0.29) is 18.1 Å². The standard InChI is InChI=1S/C27H37NO5S/c1-16-9-8-10-17(2)25(31)19(4)26(32)27(6,7)23(29)14-24(30)33-22(12-11-16)18(3)13-21-15-34-20(5)28-21/h11,13,15,17,19,22-23,25,29,31H,10,12,14H2,1-7H3/b16-11-,18-13+/t17-,19+,22?,23-,25?/m0/s1. The van der Waals surface area contributed by atoms with E-state index in [0.717, 1.165) is 21.8 Å². The van der Waals surface area contributed by atoms with Crippen LogP contribution in [0.1, 0.15) is 71.5 Å². The maximum absolute atomic E-state index is 13.1. The van der Waals surface area contributed by atoms with Crippen molar-refractivity contribution in [1.82, 2.24) is 4.98 Å². The van der Waals surface area contributed by atoms with Gasteiger partial charge in [0.05, 0.1) is 34.7 Å². The number of Topliss-reactive ketones (excluding diaryl/α,β-unsaturated/α-hetero) is 1. The summed E-state index contributed by atoms with van der Waals surface area (Å²) in [6.45, 7) is 12.4. The van der Waals surface area contributed by atoms with Gasteiger partial charge in [-0.05, 0) is 43.9 Å². The fourth-order valence-corrected chi connectivity index (χ4v) is 4.50. The quantitative estimate of drug-likeness (QED) is 0.471. The minimum Gasteiger partial charge on any atom is -0.457 e. The van der Waals surface area contributed by atoms with Gasteiger partial charge < -0.3 is 14.9 Å². The molecule has 2 heterocycles. The molecule has 1 aromatic rings. The molecule has 1 aliphatic rings. The Morgan fingerprint density at radius 1 is 1.26 bits per heavy atom. The number of thiazole rings is 1. The molecular formula is C27H37NO5S. The first-order valence-electron chi connectivity index (χ1n) is 11.7. The van der Waals surface area contributed by atoms with Crippen LogP contribution in [0.4, 0.5) is 0 Å². The molecule has 0 saturated carbocycles.